The summed E-state index contributed by atoms with van der Waals surface area (Å²) in [6, 6.07) is 4.38. The van der Waals surface area contributed by atoms with Crippen molar-refractivity contribution in [2.75, 3.05) is 55.7 Å². The van der Waals surface area contributed by atoms with E-state index < -0.39 is 30.5 Å². The Morgan fingerprint density at radius 2 is 1.97 bits per heavy atom. The molecule has 0 spiro atoms. The number of piperazine rings is 1. The molecule has 2 aliphatic heterocycles. The Bertz CT molecular complexity index is 799. The highest BCUT2D eigenvalue weighted by Gasteiger charge is 2.34. The van der Waals surface area contributed by atoms with Crippen molar-refractivity contribution >= 4 is 29.3 Å². The number of hydrogen-bond acceptors (Lipinski definition) is 7. The summed E-state index contributed by atoms with van der Waals surface area (Å²) in [5.41, 5.74) is 0.659. The number of hydroxylamine groups is 2. The van der Waals surface area contributed by atoms with Crippen molar-refractivity contribution in [2.24, 2.45) is 0 Å². The summed E-state index contributed by atoms with van der Waals surface area (Å²) in [4.78, 5) is 39.3. The Labute approximate surface area is 166 Å². The van der Waals surface area contributed by atoms with Crippen molar-refractivity contribution < 1.29 is 33.8 Å². The van der Waals surface area contributed by atoms with Crippen molar-refractivity contribution in [2.45, 2.75) is 13.0 Å². The van der Waals surface area contributed by atoms with Gasteiger partial charge in [0.1, 0.15) is 18.5 Å². The quantitative estimate of drug-likeness (QED) is 0.520. The second kappa shape index (κ2) is 8.62. The van der Waals surface area contributed by atoms with Gasteiger partial charge >= 0.3 is 6.09 Å². The fourth-order valence-corrected chi connectivity index (χ4v) is 3.37. The highest BCUT2D eigenvalue weighted by molar-refractivity contribution is 5.90. The van der Waals surface area contributed by atoms with Gasteiger partial charge in [-0.05, 0) is 18.2 Å². The molecule has 1 atom stereocenters. The van der Waals surface area contributed by atoms with Crippen molar-refractivity contribution in [3.63, 3.8) is 0 Å². The Morgan fingerprint density at radius 1 is 1.28 bits per heavy atom. The van der Waals surface area contributed by atoms with E-state index in [1.54, 1.807) is 17.0 Å². The molecule has 0 aromatic heterocycles. The lowest BCUT2D eigenvalue weighted by Crippen LogP contribution is -2.49. The average Bonchev–Trinajstić information content (AvgIpc) is 3.07. The Morgan fingerprint density at radius 3 is 2.55 bits per heavy atom. The van der Waals surface area contributed by atoms with Gasteiger partial charge in [-0.15, -0.1) is 0 Å². The van der Waals surface area contributed by atoms with Gasteiger partial charge in [0.2, 0.25) is 11.8 Å². The number of carbonyl (C=O) groups excluding carboxylic acids is 3. The second-order valence-electron chi connectivity index (χ2n) is 6.88. The predicted molar refractivity (Wildman–Crippen MR) is 99.1 cm³/mol. The summed E-state index contributed by atoms with van der Waals surface area (Å²) < 4.78 is 19.8. The number of hydrogen-bond donors (Lipinski definition) is 2. The maximum absolute atomic E-state index is 14.7. The molecule has 11 heteroatoms. The van der Waals surface area contributed by atoms with Crippen LogP contribution in [0.15, 0.2) is 18.2 Å². The summed E-state index contributed by atoms with van der Waals surface area (Å²) in [5.74, 6) is -1.45. The normalized spacial score (nSPS) is 19.4. The van der Waals surface area contributed by atoms with Crippen LogP contribution in [-0.4, -0.2) is 90.2 Å². The molecular weight excluding hydrogens is 387 g/mol. The molecule has 2 N–H and O–H groups in total. The minimum Gasteiger partial charge on any atom is -0.442 e. The molecule has 0 radical (unpaired) electrons. The molecule has 29 heavy (non-hydrogen) atoms. The Kier molecular flexibility index (Phi) is 6.18. The fraction of sp³-hybridized carbons (Fsp3) is 0.500. The summed E-state index contributed by atoms with van der Waals surface area (Å²) in [6.07, 6.45) is -1.41. The molecule has 2 heterocycles. The number of aliphatic hydroxyl groups is 1. The zero-order valence-corrected chi connectivity index (χ0v) is 16.0. The average molecular weight is 410 g/mol. The van der Waals surface area contributed by atoms with Crippen LogP contribution in [0.25, 0.3) is 0 Å². The predicted octanol–water partition coefficient (Wildman–Crippen LogP) is 0.0295. The van der Waals surface area contributed by atoms with Gasteiger partial charge in [0.25, 0.3) is 0 Å². The SMILES string of the molecule is CC(=O)N(O)CC1CN(c2ccc(N3CCN(C(=O)CO)CC3)c(F)c2)C(=O)O1. The van der Waals surface area contributed by atoms with Crippen LogP contribution in [0.4, 0.5) is 20.6 Å². The highest BCUT2D eigenvalue weighted by atomic mass is 19.1. The lowest BCUT2D eigenvalue weighted by Gasteiger charge is -2.36. The van der Waals surface area contributed by atoms with Crippen molar-refractivity contribution in [3.8, 4) is 0 Å². The lowest BCUT2D eigenvalue weighted by atomic mass is 10.2. The molecule has 2 saturated heterocycles. The standard InChI is InChI=1S/C18H23FN4O6/c1-12(25)23(28)10-14-9-22(18(27)29-14)13-2-3-16(15(19)8-13)20-4-6-21(7-5-20)17(26)11-24/h2-3,8,14,24,28H,4-7,9-11H2,1H3. The topological polar surface area (TPSA) is 114 Å². The summed E-state index contributed by atoms with van der Waals surface area (Å²) in [6.45, 7) is 2.15. The van der Waals surface area contributed by atoms with Gasteiger partial charge in [-0.1, -0.05) is 0 Å². The first-order valence-electron chi connectivity index (χ1n) is 9.18. The summed E-state index contributed by atoms with van der Waals surface area (Å²) in [5, 5.41) is 18.9. The molecule has 3 amide bonds. The van der Waals surface area contributed by atoms with E-state index in [0.717, 1.165) is 0 Å². The number of ether oxygens (including phenoxy) is 1. The largest absolute Gasteiger partial charge is 0.442 e. The van der Waals surface area contributed by atoms with Crippen LogP contribution in [-0.2, 0) is 14.3 Å². The van der Waals surface area contributed by atoms with E-state index in [1.165, 1.54) is 22.8 Å². The minimum atomic E-state index is -0.726. The van der Waals surface area contributed by atoms with Gasteiger partial charge < -0.3 is 19.6 Å². The van der Waals surface area contributed by atoms with E-state index in [4.69, 9.17) is 9.84 Å². The van der Waals surface area contributed by atoms with Gasteiger partial charge in [-0.25, -0.2) is 14.2 Å². The van der Waals surface area contributed by atoms with Crippen LogP contribution in [0.3, 0.4) is 0 Å². The first-order chi connectivity index (χ1) is 13.8. The molecule has 3 rings (SSSR count). The molecule has 10 nitrogen and oxygen atoms in total. The van der Waals surface area contributed by atoms with Crippen LogP contribution < -0.4 is 9.80 Å². The maximum atomic E-state index is 14.7. The van der Waals surface area contributed by atoms with Gasteiger partial charge in [-0.3, -0.25) is 19.7 Å². The van der Waals surface area contributed by atoms with Crippen LogP contribution in [0.1, 0.15) is 6.92 Å². The third-order valence-corrected chi connectivity index (χ3v) is 4.97. The Balaban J connectivity index is 1.65. The van der Waals surface area contributed by atoms with Crippen molar-refractivity contribution in [1.29, 1.82) is 0 Å². The first kappa shape index (κ1) is 20.8. The molecule has 1 aromatic carbocycles. The van der Waals surface area contributed by atoms with E-state index in [9.17, 15) is 24.0 Å². The molecule has 0 bridgehead atoms. The maximum Gasteiger partial charge on any atom is 0.414 e. The first-order valence-corrected chi connectivity index (χ1v) is 9.18. The van der Waals surface area contributed by atoms with Crippen LogP contribution in [0.2, 0.25) is 0 Å². The van der Waals surface area contributed by atoms with E-state index in [2.05, 4.69) is 0 Å². The van der Waals surface area contributed by atoms with Crippen LogP contribution in [0, 0.1) is 5.82 Å². The number of carbonyl (C=O) groups is 3. The van der Waals surface area contributed by atoms with Gasteiger partial charge in [-0.2, -0.15) is 0 Å². The van der Waals surface area contributed by atoms with Gasteiger partial charge in [0.05, 0.1) is 24.5 Å². The van der Waals surface area contributed by atoms with Gasteiger partial charge in [0.15, 0.2) is 0 Å². The number of amides is 3. The zero-order chi connectivity index (χ0) is 21.1. The molecule has 1 aromatic rings. The Hall–Kier alpha value is -2.92. The summed E-state index contributed by atoms with van der Waals surface area (Å²) in [7, 11) is 0. The highest BCUT2D eigenvalue weighted by Crippen LogP contribution is 2.28. The number of halogens is 1. The third kappa shape index (κ3) is 4.57. The van der Waals surface area contributed by atoms with Crippen LogP contribution in [0.5, 0.6) is 0 Å². The minimum absolute atomic E-state index is 0.0733. The van der Waals surface area contributed by atoms with E-state index in [-0.39, 0.29) is 19.0 Å². The van der Waals surface area contributed by atoms with E-state index in [0.29, 0.717) is 42.6 Å². The van der Waals surface area contributed by atoms with E-state index in [1.807, 2.05) is 0 Å². The molecular formula is C18H23FN4O6. The van der Waals surface area contributed by atoms with Crippen LogP contribution >= 0.6 is 0 Å². The van der Waals surface area contributed by atoms with Gasteiger partial charge in [0, 0.05) is 33.1 Å². The molecule has 2 fully saturated rings. The zero-order valence-electron chi connectivity index (χ0n) is 16.0. The van der Waals surface area contributed by atoms with Crippen molar-refractivity contribution in [1.82, 2.24) is 9.96 Å². The monoisotopic (exact) mass is 410 g/mol. The molecule has 1 unspecified atom stereocenters. The second-order valence-corrected chi connectivity index (χ2v) is 6.88. The van der Waals surface area contributed by atoms with Crippen molar-refractivity contribution in [3.05, 3.63) is 24.0 Å². The smallest absolute Gasteiger partial charge is 0.414 e. The number of aliphatic hydroxyl groups excluding tert-OH is 1. The number of nitrogens with zero attached hydrogens (tertiary/aromatic N) is 4. The number of anilines is 2. The van der Waals surface area contributed by atoms with E-state index >= 15 is 0 Å². The molecule has 0 saturated carbocycles. The molecule has 0 aliphatic carbocycles. The fourth-order valence-electron chi connectivity index (χ4n) is 3.37. The molecule has 158 valence electrons. The molecule has 2 aliphatic rings. The lowest BCUT2D eigenvalue weighted by molar-refractivity contribution is -0.166. The third-order valence-electron chi connectivity index (χ3n) is 4.97. The number of benzene rings is 1. The number of rotatable bonds is 5. The number of cyclic esters (lactones) is 1. The summed E-state index contributed by atoms with van der Waals surface area (Å²) >= 11 is 0.